The van der Waals surface area contributed by atoms with Gasteiger partial charge in [0.15, 0.2) is 5.78 Å². The summed E-state index contributed by atoms with van der Waals surface area (Å²) in [6.45, 7) is 2.28. The van der Waals surface area contributed by atoms with E-state index in [4.69, 9.17) is 9.47 Å². The average molecular weight is 408 g/mol. The molecule has 7 heteroatoms. The van der Waals surface area contributed by atoms with Crippen molar-refractivity contribution in [3.8, 4) is 0 Å². The minimum absolute atomic E-state index is 0.134. The van der Waals surface area contributed by atoms with Gasteiger partial charge in [0.1, 0.15) is 18.5 Å². The summed E-state index contributed by atoms with van der Waals surface area (Å²) in [7, 11) is 0. The lowest BCUT2D eigenvalue weighted by atomic mass is 9.77. The highest BCUT2D eigenvalue weighted by Crippen LogP contribution is 2.44. The monoisotopic (exact) mass is 407 g/mol. The number of hydrogen-bond donors (Lipinski definition) is 1. The zero-order valence-electron chi connectivity index (χ0n) is 13.4. The van der Waals surface area contributed by atoms with Crippen molar-refractivity contribution < 1.29 is 23.5 Å². The number of carbonyl (C=O) groups is 2. The molecular weight excluding hydrogens is 393 g/mol. The molecule has 0 saturated carbocycles. The fraction of sp³-hybridized carbons (Fsp3) is 0.333. The molecule has 0 unspecified atom stereocenters. The van der Waals surface area contributed by atoms with Gasteiger partial charge in [-0.15, -0.1) is 0 Å². The van der Waals surface area contributed by atoms with Gasteiger partial charge >= 0.3 is 5.97 Å². The van der Waals surface area contributed by atoms with E-state index >= 15 is 0 Å². The summed E-state index contributed by atoms with van der Waals surface area (Å²) in [5.41, 5.74) is 2.88. The normalized spacial score (nSPS) is 25.6. The molecule has 1 aromatic rings. The van der Waals surface area contributed by atoms with Crippen LogP contribution in [0.5, 0.6) is 0 Å². The molecule has 0 aromatic heterocycles. The van der Waals surface area contributed by atoms with E-state index in [1.54, 1.807) is 12.1 Å². The van der Waals surface area contributed by atoms with E-state index in [9.17, 15) is 14.0 Å². The number of benzene rings is 1. The van der Waals surface area contributed by atoms with Crippen molar-refractivity contribution in [2.75, 3.05) is 13.2 Å². The van der Waals surface area contributed by atoms with E-state index in [1.807, 2.05) is 6.92 Å². The predicted molar refractivity (Wildman–Crippen MR) is 90.0 cm³/mol. The largest absolute Gasteiger partial charge is 0.456 e. The van der Waals surface area contributed by atoms with E-state index in [0.29, 0.717) is 34.5 Å². The fourth-order valence-corrected chi connectivity index (χ4v) is 3.94. The van der Waals surface area contributed by atoms with Gasteiger partial charge in [0.2, 0.25) is 0 Å². The number of nitrogens with one attached hydrogen (secondary N) is 1. The van der Waals surface area contributed by atoms with Crippen molar-refractivity contribution in [1.82, 2.24) is 5.32 Å². The molecule has 0 bridgehead atoms. The van der Waals surface area contributed by atoms with Crippen LogP contribution in [-0.2, 0) is 19.1 Å². The zero-order chi connectivity index (χ0) is 17.7. The Morgan fingerprint density at radius 3 is 2.72 bits per heavy atom. The highest BCUT2D eigenvalue weighted by molar-refractivity contribution is 9.10. The van der Waals surface area contributed by atoms with Crippen molar-refractivity contribution in [3.63, 3.8) is 0 Å². The fourth-order valence-electron chi connectivity index (χ4n) is 3.55. The first kappa shape index (κ1) is 16.5. The maximum Gasteiger partial charge on any atom is 0.337 e. The van der Waals surface area contributed by atoms with E-state index in [-0.39, 0.29) is 23.5 Å². The average Bonchev–Trinajstić information content (AvgIpc) is 2.97. The van der Waals surface area contributed by atoms with Gasteiger partial charge in [-0.1, -0.05) is 13.0 Å². The number of cyclic esters (lactones) is 1. The molecule has 0 fully saturated rings. The highest BCUT2D eigenvalue weighted by Gasteiger charge is 2.45. The van der Waals surface area contributed by atoms with Crippen LogP contribution >= 0.6 is 15.9 Å². The molecule has 0 radical (unpaired) electrons. The smallest absolute Gasteiger partial charge is 0.337 e. The molecular formula is C18H15BrFNO4. The van der Waals surface area contributed by atoms with Crippen LogP contribution in [0.2, 0.25) is 0 Å². The second-order valence-corrected chi connectivity index (χ2v) is 7.02. The SMILES string of the molecule is CC[C@H]1OCC2=C(C1=O)[C@@H](c1ccc(F)c(Br)c1)C1=C(COC1=O)N2. The summed E-state index contributed by atoms with van der Waals surface area (Å²) in [5.74, 6) is -1.58. The Bertz CT molecular complexity index is 861. The number of hydrogen-bond acceptors (Lipinski definition) is 5. The Morgan fingerprint density at radius 1 is 1.24 bits per heavy atom. The van der Waals surface area contributed by atoms with Crippen molar-refractivity contribution in [2.45, 2.75) is 25.4 Å². The number of ether oxygens (including phenoxy) is 2. The quantitative estimate of drug-likeness (QED) is 0.763. The van der Waals surface area contributed by atoms with E-state index in [1.165, 1.54) is 6.07 Å². The van der Waals surface area contributed by atoms with Crippen molar-refractivity contribution in [3.05, 3.63) is 56.6 Å². The van der Waals surface area contributed by atoms with Gasteiger partial charge in [0.25, 0.3) is 0 Å². The Labute approximate surface area is 152 Å². The summed E-state index contributed by atoms with van der Waals surface area (Å²) >= 11 is 3.18. The lowest BCUT2D eigenvalue weighted by Gasteiger charge is -2.34. The van der Waals surface area contributed by atoms with Gasteiger partial charge in [-0.05, 0) is 40.0 Å². The minimum atomic E-state index is -0.580. The maximum atomic E-state index is 13.7. The lowest BCUT2D eigenvalue weighted by Crippen LogP contribution is -2.41. The van der Waals surface area contributed by atoms with Gasteiger partial charge < -0.3 is 14.8 Å². The number of halogens is 2. The number of dihydropyridines is 1. The molecule has 0 aliphatic carbocycles. The molecule has 5 nitrogen and oxygen atoms in total. The molecule has 3 heterocycles. The third-order valence-corrected chi connectivity index (χ3v) is 5.34. The van der Waals surface area contributed by atoms with E-state index in [2.05, 4.69) is 21.2 Å². The predicted octanol–water partition coefficient (Wildman–Crippen LogP) is 2.72. The topological polar surface area (TPSA) is 64.6 Å². The molecule has 0 saturated heterocycles. The summed E-state index contributed by atoms with van der Waals surface area (Å²) < 4.78 is 24.7. The number of Topliss-reactive ketones (excluding diaryl/α,β-unsaturated/α-hetero) is 1. The number of rotatable bonds is 2. The first-order chi connectivity index (χ1) is 12.0. The molecule has 3 aliphatic rings. The van der Waals surface area contributed by atoms with Crippen molar-refractivity contribution in [2.24, 2.45) is 0 Å². The number of esters is 1. The van der Waals surface area contributed by atoms with Crippen molar-refractivity contribution >= 4 is 27.7 Å². The molecule has 0 amide bonds. The van der Waals surface area contributed by atoms with Crippen LogP contribution in [-0.4, -0.2) is 31.1 Å². The second-order valence-electron chi connectivity index (χ2n) is 6.16. The molecule has 1 N–H and O–H groups in total. The van der Waals surface area contributed by atoms with Gasteiger partial charge in [-0.25, -0.2) is 9.18 Å². The lowest BCUT2D eigenvalue weighted by molar-refractivity contribution is -0.136. The van der Waals surface area contributed by atoms with E-state index < -0.39 is 23.8 Å². The van der Waals surface area contributed by atoms with Crippen LogP contribution in [0.1, 0.15) is 24.8 Å². The number of carbonyl (C=O) groups excluding carboxylic acids is 2. The van der Waals surface area contributed by atoms with Crippen LogP contribution in [0.3, 0.4) is 0 Å². The Balaban J connectivity index is 1.89. The van der Waals surface area contributed by atoms with Gasteiger partial charge in [-0.2, -0.15) is 0 Å². The van der Waals surface area contributed by atoms with E-state index in [0.717, 1.165) is 0 Å². The summed E-state index contributed by atoms with van der Waals surface area (Å²) in [6, 6.07) is 4.53. The molecule has 4 rings (SSSR count). The molecule has 1 aromatic carbocycles. The Kier molecular flexibility index (Phi) is 4.00. The summed E-state index contributed by atoms with van der Waals surface area (Å²) in [6.07, 6.45) is 0.0118. The van der Waals surface area contributed by atoms with Crippen LogP contribution < -0.4 is 5.32 Å². The molecule has 0 spiro atoms. The third kappa shape index (κ3) is 2.53. The number of ketones is 1. The second kappa shape index (κ2) is 6.07. The van der Waals surface area contributed by atoms with Gasteiger partial charge in [0.05, 0.1) is 22.3 Å². The van der Waals surface area contributed by atoms with Gasteiger partial charge in [0, 0.05) is 17.2 Å². The Morgan fingerprint density at radius 2 is 2.00 bits per heavy atom. The molecule has 2 atom stereocenters. The standard InChI is InChI=1S/C18H15BrFNO4/c1-2-13-17(22)15-11(6-24-13)21-12-7-25-18(23)16(12)14(15)8-3-4-10(20)9(19)5-8/h3-5,13-14,21H,2,6-7H2,1H3/t13-,14-/m1/s1. The van der Waals surface area contributed by atoms with Crippen LogP contribution in [0.25, 0.3) is 0 Å². The van der Waals surface area contributed by atoms with Crippen LogP contribution in [0, 0.1) is 5.82 Å². The summed E-state index contributed by atoms with van der Waals surface area (Å²) in [4.78, 5) is 25.2. The maximum absolute atomic E-state index is 13.7. The summed E-state index contributed by atoms with van der Waals surface area (Å²) in [5, 5.41) is 3.13. The first-order valence-corrected chi connectivity index (χ1v) is 8.81. The van der Waals surface area contributed by atoms with Crippen molar-refractivity contribution in [1.29, 1.82) is 0 Å². The first-order valence-electron chi connectivity index (χ1n) is 8.02. The van der Waals surface area contributed by atoms with Gasteiger partial charge in [-0.3, -0.25) is 4.79 Å². The molecule has 130 valence electrons. The zero-order valence-corrected chi connectivity index (χ0v) is 15.0. The molecule has 3 aliphatic heterocycles. The highest BCUT2D eigenvalue weighted by atomic mass is 79.9. The Hall–Kier alpha value is -1.99. The van der Waals surface area contributed by atoms with Crippen LogP contribution in [0.15, 0.2) is 45.2 Å². The third-order valence-electron chi connectivity index (χ3n) is 4.73. The molecule has 25 heavy (non-hydrogen) atoms. The van der Waals surface area contributed by atoms with Crippen LogP contribution in [0.4, 0.5) is 4.39 Å². The minimum Gasteiger partial charge on any atom is -0.456 e.